The minimum atomic E-state index is -0.903. The van der Waals surface area contributed by atoms with Crippen LogP contribution in [0, 0.1) is 0 Å². The molecule has 6 nitrogen and oxygen atoms in total. The fourth-order valence-corrected chi connectivity index (χ4v) is 2.76. The Balaban J connectivity index is 2.69. The molecule has 16 heavy (non-hydrogen) atoms. The zero-order valence-electron chi connectivity index (χ0n) is 8.99. The van der Waals surface area contributed by atoms with E-state index in [9.17, 15) is 9.00 Å². The van der Waals surface area contributed by atoms with Gasteiger partial charge in [-0.25, -0.2) is 0 Å². The van der Waals surface area contributed by atoms with Gasteiger partial charge < -0.3 is 9.67 Å². The second kappa shape index (κ2) is 6.00. The van der Waals surface area contributed by atoms with Crippen molar-refractivity contribution in [1.29, 1.82) is 0 Å². The molecule has 0 bridgehead atoms. The molecule has 0 amide bonds. The van der Waals surface area contributed by atoms with E-state index in [-0.39, 0.29) is 11.8 Å². The van der Waals surface area contributed by atoms with E-state index in [0.29, 0.717) is 10.9 Å². The van der Waals surface area contributed by atoms with Gasteiger partial charge in [-0.1, -0.05) is 11.8 Å². The minimum absolute atomic E-state index is 0.00266. The minimum Gasteiger partial charge on any atom is -0.481 e. The molecule has 0 radical (unpaired) electrons. The number of carbonyl (C=O) groups is 1. The number of carboxylic acid groups (broad SMARTS) is 1. The summed E-state index contributed by atoms with van der Waals surface area (Å²) in [6.07, 6.45) is 3.16. The summed E-state index contributed by atoms with van der Waals surface area (Å²) < 4.78 is 12.8. The van der Waals surface area contributed by atoms with Crippen LogP contribution in [0.15, 0.2) is 11.5 Å². The normalized spacial score (nSPS) is 14.6. The Bertz CT molecular complexity index is 394. The van der Waals surface area contributed by atoms with Crippen LogP contribution in [0.5, 0.6) is 0 Å². The van der Waals surface area contributed by atoms with Crippen molar-refractivity contribution in [2.45, 2.75) is 18.1 Å². The van der Waals surface area contributed by atoms with Crippen molar-refractivity contribution in [3.05, 3.63) is 6.33 Å². The number of nitrogens with zero attached hydrogens (tertiary/aromatic N) is 3. The first-order valence-corrected chi connectivity index (χ1v) is 7.26. The Kier molecular flexibility index (Phi) is 4.94. The second-order valence-electron chi connectivity index (χ2n) is 3.29. The molecule has 1 rings (SSSR count). The third-order valence-corrected chi connectivity index (χ3v) is 3.71. The monoisotopic (exact) mass is 263 g/mol. The Morgan fingerprint density at radius 2 is 2.44 bits per heavy atom. The maximum Gasteiger partial charge on any atom is 0.313 e. The molecule has 0 spiro atoms. The van der Waals surface area contributed by atoms with E-state index >= 15 is 0 Å². The largest absolute Gasteiger partial charge is 0.481 e. The molecule has 0 aliphatic heterocycles. The number of thioether (sulfide) groups is 1. The predicted octanol–water partition coefficient (Wildman–Crippen LogP) is 0.394. The van der Waals surface area contributed by atoms with Crippen LogP contribution in [0.3, 0.4) is 0 Å². The van der Waals surface area contributed by atoms with E-state index in [2.05, 4.69) is 10.2 Å². The van der Waals surface area contributed by atoms with Crippen molar-refractivity contribution < 1.29 is 14.1 Å². The summed E-state index contributed by atoms with van der Waals surface area (Å²) in [7, 11) is -0.903. The molecule has 1 N–H and O–H groups in total. The van der Waals surface area contributed by atoms with Crippen molar-refractivity contribution in [3.8, 4) is 0 Å². The molecule has 0 fully saturated rings. The van der Waals surface area contributed by atoms with Crippen LogP contribution in [0.1, 0.15) is 13.0 Å². The summed E-state index contributed by atoms with van der Waals surface area (Å²) in [6.45, 7) is 1.90. The van der Waals surface area contributed by atoms with Crippen molar-refractivity contribution >= 4 is 28.5 Å². The number of hydrogen-bond acceptors (Lipinski definition) is 5. The van der Waals surface area contributed by atoms with E-state index in [4.69, 9.17) is 5.11 Å². The highest BCUT2D eigenvalue weighted by molar-refractivity contribution is 7.99. The van der Waals surface area contributed by atoms with Crippen LogP contribution >= 0.6 is 11.8 Å². The number of hydrogen-bond donors (Lipinski definition) is 1. The molecular weight excluding hydrogens is 250 g/mol. The van der Waals surface area contributed by atoms with E-state index < -0.39 is 16.8 Å². The maximum absolute atomic E-state index is 11.1. The van der Waals surface area contributed by atoms with Gasteiger partial charge >= 0.3 is 5.97 Å². The van der Waals surface area contributed by atoms with Gasteiger partial charge in [0.05, 0.1) is 5.75 Å². The van der Waals surface area contributed by atoms with Gasteiger partial charge in [0.1, 0.15) is 6.33 Å². The van der Waals surface area contributed by atoms with Crippen LogP contribution in [0.25, 0.3) is 0 Å². The van der Waals surface area contributed by atoms with Crippen molar-refractivity contribution in [1.82, 2.24) is 14.8 Å². The lowest BCUT2D eigenvalue weighted by atomic mass is 10.4. The number of rotatable bonds is 6. The smallest absolute Gasteiger partial charge is 0.313 e. The summed E-state index contributed by atoms with van der Waals surface area (Å²) in [5, 5.41) is 16.7. The lowest BCUT2D eigenvalue weighted by Crippen LogP contribution is -2.13. The van der Waals surface area contributed by atoms with Crippen molar-refractivity contribution in [3.63, 3.8) is 0 Å². The van der Waals surface area contributed by atoms with Crippen molar-refractivity contribution in [2.24, 2.45) is 0 Å². The van der Waals surface area contributed by atoms with E-state index in [1.165, 1.54) is 6.33 Å². The van der Waals surface area contributed by atoms with Crippen molar-refractivity contribution in [2.75, 3.05) is 17.8 Å². The SMILES string of the molecule is CC(CS(C)=O)n1cnnc1SCC(=O)O. The lowest BCUT2D eigenvalue weighted by Gasteiger charge is -2.12. The van der Waals surface area contributed by atoms with Gasteiger partial charge in [-0.15, -0.1) is 10.2 Å². The molecule has 0 saturated heterocycles. The molecule has 90 valence electrons. The van der Waals surface area contributed by atoms with Crippen LogP contribution in [0.2, 0.25) is 0 Å². The van der Waals surface area contributed by atoms with Crippen LogP contribution in [0.4, 0.5) is 0 Å². The zero-order chi connectivity index (χ0) is 12.1. The fraction of sp³-hybridized carbons (Fsp3) is 0.625. The predicted molar refractivity (Wildman–Crippen MR) is 62.0 cm³/mol. The molecule has 0 aliphatic carbocycles. The first-order chi connectivity index (χ1) is 7.50. The Morgan fingerprint density at radius 3 is 3.00 bits per heavy atom. The summed E-state index contributed by atoms with van der Waals surface area (Å²) in [5.74, 6) is -0.453. The van der Waals surface area contributed by atoms with Gasteiger partial charge in [0.2, 0.25) is 0 Å². The van der Waals surface area contributed by atoms with Gasteiger partial charge in [0.25, 0.3) is 0 Å². The first kappa shape index (κ1) is 13.2. The fourth-order valence-electron chi connectivity index (χ4n) is 1.18. The molecule has 1 aromatic heterocycles. The van der Waals surface area contributed by atoms with Gasteiger partial charge in [-0.05, 0) is 6.92 Å². The lowest BCUT2D eigenvalue weighted by molar-refractivity contribution is -0.133. The van der Waals surface area contributed by atoms with Crippen LogP contribution in [-0.2, 0) is 15.6 Å². The molecule has 0 aromatic carbocycles. The average molecular weight is 263 g/mol. The molecule has 1 aromatic rings. The summed E-state index contributed by atoms with van der Waals surface area (Å²) in [6, 6.07) is -0.00266. The summed E-state index contributed by atoms with van der Waals surface area (Å²) in [4.78, 5) is 10.4. The number of aromatic nitrogens is 3. The average Bonchev–Trinajstić information content (AvgIpc) is 2.61. The van der Waals surface area contributed by atoms with E-state index in [1.807, 2.05) is 6.92 Å². The standard InChI is InChI=1S/C8H13N3O3S2/c1-6(4-16(2)14)11-5-9-10-8(11)15-3-7(12)13/h5-6H,3-4H2,1-2H3,(H,12,13). The highest BCUT2D eigenvalue weighted by Crippen LogP contribution is 2.19. The topological polar surface area (TPSA) is 85.1 Å². The summed E-state index contributed by atoms with van der Waals surface area (Å²) in [5.41, 5.74) is 0. The number of aliphatic carboxylic acids is 1. The molecule has 0 aliphatic rings. The van der Waals surface area contributed by atoms with Crippen LogP contribution < -0.4 is 0 Å². The molecular formula is C8H13N3O3S2. The van der Waals surface area contributed by atoms with Gasteiger partial charge in [-0.3, -0.25) is 9.00 Å². The highest BCUT2D eigenvalue weighted by atomic mass is 32.2. The third-order valence-electron chi connectivity index (χ3n) is 1.82. The Labute approximate surface area is 99.9 Å². The van der Waals surface area contributed by atoms with Gasteiger partial charge in [-0.2, -0.15) is 0 Å². The number of carboxylic acids is 1. The Hall–Kier alpha value is -0.890. The zero-order valence-corrected chi connectivity index (χ0v) is 10.6. The highest BCUT2D eigenvalue weighted by Gasteiger charge is 2.13. The summed E-state index contributed by atoms with van der Waals surface area (Å²) >= 11 is 1.11. The molecule has 8 heteroatoms. The quantitative estimate of drug-likeness (QED) is 0.747. The molecule has 2 unspecified atom stereocenters. The third kappa shape index (κ3) is 3.93. The maximum atomic E-state index is 11.1. The van der Waals surface area contributed by atoms with E-state index in [0.717, 1.165) is 11.8 Å². The van der Waals surface area contributed by atoms with Gasteiger partial charge in [0, 0.05) is 28.9 Å². The van der Waals surface area contributed by atoms with Gasteiger partial charge in [0.15, 0.2) is 5.16 Å². The molecule has 1 heterocycles. The van der Waals surface area contributed by atoms with Crippen LogP contribution in [-0.4, -0.2) is 47.8 Å². The second-order valence-corrected chi connectivity index (χ2v) is 5.71. The molecule has 2 atom stereocenters. The first-order valence-electron chi connectivity index (χ1n) is 4.55. The van der Waals surface area contributed by atoms with E-state index in [1.54, 1.807) is 10.8 Å². The molecule has 0 saturated carbocycles. The Morgan fingerprint density at radius 1 is 1.75 bits per heavy atom.